The number of hydrogen-bond acceptors (Lipinski definition) is 5. The van der Waals surface area contributed by atoms with E-state index in [-0.39, 0.29) is 0 Å². The van der Waals surface area contributed by atoms with Crippen molar-refractivity contribution in [3.63, 3.8) is 0 Å². The summed E-state index contributed by atoms with van der Waals surface area (Å²) in [6, 6.07) is 10.3. The number of benzene rings is 1. The van der Waals surface area contributed by atoms with Crippen LogP contribution in [0.25, 0.3) is 0 Å². The van der Waals surface area contributed by atoms with E-state index in [4.69, 9.17) is 4.74 Å². The van der Waals surface area contributed by atoms with Crippen molar-refractivity contribution in [1.29, 1.82) is 0 Å². The summed E-state index contributed by atoms with van der Waals surface area (Å²) in [7, 11) is 0. The van der Waals surface area contributed by atoms with Gasteiger partial charge in [-0.05, 0) is 12.0 Å². The molecule has 2 aromatic rings. The monoisotopic (exact) mass is 330 g/mol. The second-order valence-electron chi connectivity index (χ2n) is 6.28. The molecule has 0 unspecified atom stereocenters. The number of ether oxygens (including phenoxy) is 1. The zero-order valence-corrected chi connectivity index (χ0v) is 14.2. The molecule has 2 N–H and O–H groups in total. The molecule has 24 heavy (non-hydrogen) atoms. The maximum atomic E-state index is 10.1. The van der Waals surface area contributed by atoms with Gasteiger partial charge in [-0.2, -0.15) is 5.10 Å². The van der Waals surface area contributed by atoms with Gasteiger partial charge in [-0.3, -0.25) is 0 Å². The van der Waals surface area contributed by atoms with E-state index in [9.17, 15) is 5.11 Å². The normalized spacial score (nSPS) is 18.3. The Hall–Kier alpha value is -1.76. The van der Waals surface area contributed by atoms with Gasteiger partial charge in [0.15, 0.2) is 5.82 Å². The molecule has 1 aliphatic rings. The van der Waals surface area contributed by atoms with Crippen molar-refractivity contribution in [3.05, 3.63) is 47.5 Å². The van der Waals surface area contributed by atoms with Gasteiger partial charge < -0.3 is 15.2 Å². The summed E-state index contributed by atoms with van der Waals surface area (Å²) >= 11 is 0. The second-order valence-corrected chi connectivity index (χ2v) is 6.28. The highest BCUT2D eigenvalue weighted by Crippen LogP contribution is 2.13. The molecule has 6 heteroatoms. The van der Waals surface area contributed by atoms with Crippen LogP contribution in [0.2, 0.25) is 0 Å². The third-order valence-electron chi connectivity index (χ3n) is 4.28. The summed E-state index contributed by atoms with van der Waals surface area (Å²) in [6.45, 7) is 4.29. The third kappa shape index (κ3) is 4.63. The van der Waals surface area contributed by atoms with Gasteiger partial charge >= 0.3 is 0 Å². The fourth-order valence-electron chi connectivity index (χ4n) is 2.93. The first kappa shape index (κ1) is 17.1. The number of fused-ring (bicyclic) bond motifs is 1. The first-order valence-corrected chi connectivity index (χ1v) is 8.70. The molecule has 0 amide bonds. The van der Waals surface area contributed by atoms with Gasteiger partial charge in [0.1, 0.15) is 5.82 Å². The summed E-state index contributed by atoms with van der Waals surface area (Å²) in [4.78, 5) is 4.52. The van der Waals surface area contributed by atoms with Crippen LogP contribution in [0, 0.1) is 0 Å². The van der Waals surface area contributed by atoms with Gasteiger partial charge in [0.2, 0.25) is 0 Å². The lowest BCUT2D eigenvalue weighted by Crippen LogP contribution is -2.42. The molecular weight excluding hydrogens is 304 g/mol. The zero-order chi connectivity index (χ0) is 16.8. The van der Waals surface area contributed by atoms with Gasteiger partial charge in [0.25, 0.3) is 0 Å². The molecule has 1 aromatic carbocycles. The van der Waals surface area contributed by atoms with Gasteiger partial charge in [-0.25, -0.2) is 9.67 Å². The van der Waals surface area contributed by atoms with Crippen LogP contribution in [0.1, 0.15) is 30.6 Å². The molecule has 0 fully saturated rings. The van der Waals surface area contributed by atoms with E-state index in [2.05, 4.69) is 22.3 Å². The van der Waals surface area contributed by atoms with Gasteiger partial charge in [0, 0.05) is 25.4 Å². The van der Waals surface area contributed by atoms with E-state index in [1.54, 1.807) is 0 Å². The highest BCUT2D eigenvalue weighted by Gasteiger charge is 2.21. The molecule has 0 aliphatic carbocycles. The van der Waals surface area contributed by atoms with Crippen LogP contribution < -0.4 is 5.32 Å². The summed E-state index contributed by atoms with van der Waals surface area (Å²) in [5, 5.41) is 18.0. The Bertz CT molecular complexity index is 629. The first-order chi connectivity index (χ1) is 11.7. The molecular formula is C18H26N4O2. The molecule has 3 rings (SSSR count). The maximum Gasteiger partial charge on any atom is 0.150 e. The van der Waals surface area contributed by atoms with Crippen molar-refractivity contribution in [2.24, 2.45) is 0 Å². The van der Waals surface area contributed by atoms with Crippen LogP contribution in [0.5, 0.6) is 0 Å². The van der Waals surface area contributed by atoms with Crippen molar-refractivity contribution < 1.29 is 9.84 Å². The number of rotatable bonds is 8. The largest absolute Gasteiger partial charge is 0.389 e. The molecule has 0 saturated heterocycles. The molecule has 0 bridgehead atoms. The van der Waals surface area contributed by atoms with Crippen molar-refractivity contribution in [2.45, 2.75) is 51.5 Å². The van der Waals surface area contributed by atoms with Crippen molar-refractivity contribution in [2.75, 3.05) is 13.2 Å². The van der Waals surface area contributed by atoms with Crippen LogP contribution in [-0.4, -0.2) is 45.2 Å². The number of aliphatic hydroxyl groups is 1. The van der Waals surface area contributed by atoms with Crippen LogP contribution in [0.15, 0.2) is 30.3 Å². The molecule has 0 radical (unpaired) electrons. The lowest BCUT2D eigenvalue weighted by Gasteiger charge is -2.24. The van der Waals surface area contributed by atoms with Gasteiger partial charge in [0.05, 0.1) is 25.9 Å². The Morgan fingerprint density at radius 1 is 1.38 bits per heavy atom. The van der Waals surface area contributed by atoms with Gasteiger partial charge in [-0.15, -0.1) is 0 Å². The van der Waals surface area contributed by atoms with Crippen molar-refractivity contribution >= 4 is 0 Å². The standard InChI is InChI=1S/C18H26N4O2/c1-2-17-20-18-9-8-15(11-22(18)21-17)19-10-16(23)13-24-12-14-6-4-3-5-7-14/h3-7,15-16,19,23H,2,8-13H2,1H3/t15-,16-/m0/s1. The first-order valence-electron chi connectivity index (χ1n) is 8.70. The minimum atomic E-state index is -0.503. The smallest absolute Gasteiger partial charge is 0.150 e. The summed E-state index contributed by atoms with van der Waals surface area (Å²) in [6.07, 6.45) is 2.33. The van der Waals surface area contributed by atoms with Crippen LogP contribution >= 0.6 is 0 Å². The number of nitrogens with one attached hydrogen (secondary N) is 1. The number of aryl methyl sites for hydroxylation is 2. The Morgan fingerprint density at radius 3 is 3.00 bits per heavy atom. The van der Waals surface area contributed by atoms with Crippen LogP contribution in [0.4, 0.5) is 0 Å². The molecule has 130 valence electrons. The van der Waals surface area contributed by atoms with Crippen molar-refractivity contribution in [1.82, 2.24) is 20.1 Å². The summed E-state index contributed by atoms with van der Waals surface area (Å²) in [5.74, 6) is 2.00. The van der Waals surface area contributed by atoms with E-state index in [1.807, 2.05) is 35.0 Å². The molecule has 0 saturated carbocycles. The number of aromatic nitrogens is 3. The average molecular weight is 330 g/mol. The SMILES string of the molecule is CCc1nc2n(n1)C[C@@H](NC[C@H](O)COCc1ccccc1)CC2. The number of nitrogens with zero attached hydrogens (tertiary/aromatic N) is 3. The Morgan fingerprint density at radius 2 is 2.21 bits per heavy atom. The molecule has 1 aromatic heterocycles. The minimum absolute atomic E-state index is 0.327. The van der Waals surface area contributed by atoms with E-state index in [1.165, 1.54) is 0 Å². The van der Waals surface area contributed by atoms with Crippen LogP contribution in [0.3, 0.4) is 0 Å². The zero-order valence-electron chi connectivity index (χ0n) is 14.2. The molecule has 2 heterocycles. The second kappa shape index (κ2) is 8.37. The fraction of sp³-hybridized carbons (Fsp3) is 0.556. The van der Waals surface area contributed by atoms with Crippen molar-refractivity contribution in [3.8, 4) is 0 Å². The van der Waals surface area contributed by atoms with E-state index in [0.29, 0.717) is 25.8 Å². The number of hydrogen-bond donors (Lipinski definition) is 2. The van der Waals surface area contributed by atoms with Crippen LogP contribution in [-0.2, 0) is 30.7 Å². The Labute approximate surface area is 142 Å². The highest BCUT2D eigenvalue weighted by atomic mass is 16.5. The molecule has 1 aliphatic heterocycles. The third-order valence-corrected chi connectivity index (χ3v) is 4.28. The Kier molecular flexibility index (Phi) is 5.96. The van der Waals surface area contributed by atoms with E-state index >= 15 is 0 Å². The number of aliphatic hydroxyl groups excluding tert-OH is 1. The predicted molar refractivity (Wildman–Crippen MR) is 91.6 cm³/mol. The van der Waals surface area contributed by atoms with E-state index in [0.717, 1.165) is 43.0 Å². The molecule has 6 nitrogen and oxygen atoms in total. The maximum absolute atomic E-state index is 10.1. The topological polar surface area (TPSA) is 72.2 Å². The predicted octanol–water partition coefficient (Wildman–Crippen LogP) is 1.32. The summed E-state index contributed by atoms with van der Waals surface area (Å²) in [5.41, 5.74) is 1.12. The quantitative estimate of drug-likeness (QED) is 0.764. The lowest BCUT2D eigenvalue weighted by atomic mass is 10.1. The molecule has 2 atom stereocenters. The summed E-state index contributed by atoms with van der Waals surface area (Å²) < 4.78 is 7.58. The Balaban J connectivity index is 1.36. The average Bonchev–Trinajstić information content (AvgIpc) is 3.03. The minimum Gasteiger partial charge on any atom is -0.389 e. The highest BCUT2D eigenvalue weighted by molar-refractivity contribution is 5.13. The fourth-order valence-corrected chi connectivity index (χ4v) is 2.93. The van der Waals surface area contributed by atoms with Gasteiger partial charge in [-0.1, -0.05) is 37.3 Å². The lowest BCUT2D eigenvalue weighted by molar-refractivity contribution is 0.0269. The molecule has 0 spiro atoms. The van der Waals surface area contributed by atoms with E-state index < -0.39 is 6.10 Å².